The minimum Gasteiger partial charge on any atom is -0.356 e. The summed E-state index contributed by atoms with van der Waals surface area (Å²) < 4.78 is 49.5. The Bertz CT molecular complexity index is 2920. The Morgan fingerprint density at radius 3 is 2.25 bits per heavy atom. The quantitative estimate of drug-likeness (QED) is 0.0292. The number of carbonyl (C=O) groups is 2. The highest BCUT2D eigenvalue weighted by Crippen LogP contribution is 2.48. The van der Waals surface area contributed by atoms with E-state index in [0.717, 1.165) is 60.4 Å². The topological polar surface area (TPSA) is 119 Å². The number of unbranched alkanes of at least 4 members (excludes halogenated alkanes) is 4. The molecule has 7 rings (SSSR count). The number of halogens is 1. The van der Waals surface area contributed by atoms with Gasteiger partial charge >= 0.3 is 0 Å². The molecule has 0 bridgehead atoms. The zero-order valence-corrected chi connectivity index (χ0v) is 41.8. The molecule has 5 aromatic rings. The molecule has 2 amide bonds. The highest BCUT2D eigenvalue weighted by atomic mass is 32.2. The first-order valence-electron chi connectivity index (χ1n) is 24.5. The Labute approximate surface area is 408 Å². The third kappa shape index (κ3) is 11.8. The standard InChI is InChI=1S/C58H67FN4O5S/c1-7-62-50-32-28-42(39-54(64)60-34-18-8-9-19-35-61-56(65)41(2)45-29-31-46(49(59)40-45)43-22-12-10-13-23-43)38-48(50)57(3,4)52(62)26-14-11-15-27-53-58(5,6)55-47-25-17-16-24-44(47)30-33-51(55)63(53)36-20-21-37-69(66,67)68/h10-17,22-33,38,40-41H,7-9,18-21,34-37,39H2,1-6H3,(H2-,60,61,64,65,66,67,68)/p+1/t41-/m0/s1. The number of rotatable bonds is 21. The van der Waals surface area contributed by atoms with Crippen LogP contribution in [-0.2, 0) is 37.0 Å². The number of benzene rings is 5. The Hall–Kier alpha value is -6.17. The summed E-state index contributed by atoms with van der Waals surface area (Å²) in [5.74, 6) is -1.18. The van der Waals surface area contributed by atoms with E-state index in [1.54, 1.807) is 13.0 Å². The molecule has 362 valence electrons. The maximum atomic E-state index is 14.9. The largest absolute Gasteiger partial charge is 0.356 e. The second-order valence-electron chi connectivity index (χ2n) is 19.4. The highest BCUT2D eigenvalue weighted by molar-refractivity contribution is 7.85. The summed E-state index contributed by atoms with van der Waals surface area (Å²) in [5, 5.41) is 8.48. The van der Waals surface area contributed by atoms with Crippen molar-refractivity contribution in [3.05, 3.63) is 167 Å². The first-order chi connectivity index (χ1) is 33.0. The molecule has 1 atom stereocenters. The van der Waals surface area contributed by atoms with Crippen LogP contribution in [0.25, 0.3) is 21.9 Å². The monoisotopic (exact) mass is 951 g/mol. The summed E-state index contributed by atoms with van der Waals surface area (Å²) in [5.41, 5.74) is 9.37. The lowest BCUT2D eigenvalue weighted by Crippen LogP contribution is -2.29. The van der Waals surface area contributed by atoms with Crippen LogP contribution in [0.15, 0.2) is 139 Å². The average molecular weight is 952 g/mol. The van der Waals surface area contributed by atoms with Gasteiger partial charge in [0.1, 0.15) is 12.4 Å². The molecule has 0 radical (unpaired) electrons. The van der Waals surface area contributed by atoms with Gasteiger partial charge in [0.2, 0.25) is 17.5 Å². The first-order valence-corrected chi connectivity index (χ1v) is 26.1. The van der Waals surface area contributed by atoms with E-state index >= 15 is 0 Å². The average Bonchev–Trinajstić information content (AvgIpc) is 3.68. The number of allylic oxidation sites excluding steroid dienone is 6. The van der Waals surface area contributed by atoms with Crippen LogP contribution >= 0.6 is 0 Å². The number of hydrogen-bond acceptors (Lipinski definition) is 5. The number of carbonyl (C=O) groups excluding carboxylic acids is 2. The molecule has 0 saturated carbocycles. The van der Waals surface area contributed by atoms with Gasteiger partial charge in [0.25, 0.3) is 10.1 Å². The summed E-state index contributed by atoms with van der Waals surface area (Å²) in [4.78, 5) is 28.3. The third-order valence-electron chi connectivity index (χ3n) is 13.9. The minimum absolute atomic E-state index is 0.00524. The number of amides is 2. The van der Waals surface area contributed by atoms with E-state index in [4.69, 9.17) is 0 Å². The van der Waals surface area contributed by atoms with Gasteiger partial charge in [0.15, 0.2) is 5.71 Å². The van der Waals surface area contributed by atoms with Gasteiger partial charge in [0.05, 0.1) is 23.5 Å². The van der Waals surface area contributed by atoms with Gasteiger partial charge < -0.3 is 15.5 Å². The van der Waals surface area contributed by atoms with E-state index in [1.165, 1.54) is 33.7 Å². The number of fused-ring (bicyclic) bond motifs is 4. The number of hydrogen-bond donors (Lipinski definition) is 3. The smallest absolute Gasteiger partial charge is 0.264 e. The van der Waals surface area contributed by atoms with Crippen LogP contribution in [0, 0.1) is 5.82 Å². The van der Waals surface area contributed by atoms with Crippen molar-refractivity contribution < 1.29 is 31.5 Å². The van der Waals surface area contributed by atoms with Gasteiger partial charge in [-0.05, 0) is 104 Å². The second kappa shape index (κ2) is 22.1. The predicted octanol–water partition coefficient (Wildman–Crippen LogP) is 11.6. The highest BCUT2D eigenvalue weighted by Gasteiger charge is 2.45. The van der Waals surface area contributed by atoms with Crippen LogP contribution < -0.4 is 15.5 Å². The Kier molecular flexibility index (Phi) is 16.2. The maximum absolute atomic E-state index is 14.9. The van der Waals surface area contributed by atoms with Crippen molar-refractivity contribution in [1.82, 2.24) is 10.6 Å². The lowest BCUT2D eigenvalue weighted by atomic mass is 9.79. The number of nitrogens with one attached hydrogen (secondary N) is 2. The molecule has 0 fully saturated rings. The molecule has 0 aliphatic carbocycles. The second-order valence-corrected chi connectivity index (χ2v) is 21.0. The molecule has 0 spiro atoms. The van der Waals surface area contributed by atoms with Gasteiger partial charge in [-0.1, -0.05) is 124 Å². The fourth-order valence-corrected chi connectivity index (χ4v) is 10.7. The van der Waals surface area contributed by atoms with Gasteiger partial charge in [-0.2, -0.15) is 13.0 Å². The van der Waals surface area contributed by atoms with Crippen molar-refractivity contribution in [3.8, 4) is 11.1 Å². The summed E-state index contributed by atoms with van der Waals surface area (Å²) in [6.45, 7) is 15.5. The van der Waals surface area contributed by atoms with Gasteiger partial charge in [-0.3, -0.25) is 14.1 Å². The zero-order valence-electron chi connectivity index (χ0n) is 41.0. The van der Waals surface area contributed by atoms with Crippen LogP contribution in [0.4, 0.5) is 15.8 Å². The Balaban J connectivity index is 0.894. The molecule has 0 unspecified atom stereocenters. The maximum Gasteiger partial charge on any atom is 0.264 e. The fourth-order valence-electron chi connectivity index (χ4n) is 10.1. The third-order valence-corrected chi connectivity index (χ3v) is 14.7. The Morgan fingerprint density at radius 2 is 1.52 bits per heavy atom. The normalized spacial score (nSPS) is 16.2. The molecule has 11 heteroatoms. The summed E-state index contributed by atoms with van der Waals surface area (Å²) in [6, 6.07) is 33.5. The molecule has 69 heavy (non-hydrogen) atoms. The lowest BCUT2D eigenvalue weighted by molar-refractivity contribution is -0.438. The van der Waals surface area contributed by atoms with Crippen LogP contribution in [0.5, 0.6) is 0 Å². The van der Waals surface area contributed by atoms with Crippen LogP contribution in [0.2, 0.25) is 0 Å². The minimum atomic E-state index is -4.02. The van der Waals surface area contributed by atoms with Crippen molar-refractivity contribution in [2.45, 2.75) is 103 Å². The lowest BCUT2D eigenvalue weighted by Gasteiger charge is -2.25. The molecule has 2 heterocycles. The molecule has 0 aromatic heterocycles. The summed E-state index contributed by atoms with van der Waals surface area (Å²) >= 11 is 0. The molecule has 2 aliphatic heterocycles. The summed E-state index contributed by atoms with van der Waals surface area (Å²) in [7, 11) is -4.02. The van der Waals surface area contributed by atoms with E-state index in [1.807, 2.05) is 36.4 Å². The van der Waals surface area contributed by atoms with Crippen molar-refractivity contribution in [2.75, 3.05) is 36.8 Å². The van der Waals surface area contributed by atoms with Gasteiger partial charge in [-0.25, -0.2) is 4.39 Å². The molecule has 0 saturated heterocycles. The van der Waals surface area contributed by atoms with Gasteiger partial charge in [0, 0.05) is 66.1 Å². The van der Waals surface area contributed by atoms with E-state index in [0.29, 0.717) is 50.0 Å². The SMILES string of the molecule is CCN1/C(=C/C=C/C=C/C2=[N+](CCCCS(=O)(=O)O)c3ccc4ccccc4c3C2(C)C)C(C)(C)c2cc(CC(=O)NCCCCCCNC(=O)[C@@H](C)c3ccc(-c4ccccc4)c(F)c3)ccc21. The van der Waals surface area contributed by atoms with Crippen molar-refractivity contribution >= 4 is 49.8 Å². The number of nitrogens with zero attached hydrogens (tertiary/aromatic N) is 2. The molecular weight excluding hydrogens is 884 g/mol. The number of likely N-dealkylation sites (N-methyl/N-ethyl adjacent to an activating group) is 1. The summed E-state index contributed by atoms with van der Waals surface area (Å²) in [6.07, 6.45) is 15.4. The molecule has 3 N–H and O–H groups in total. The Morgan fingerprint density at radius 1 is 0.797 bits per heavy atom. The van der Waals surface area contributed by atoms with E-state index < -0.39 is 16.0 Å². The predicted molar refractivity (Wildman–Crippen MR) is 280 cm³/mol. The van der Waals surface area contributed by atoms with Crippen molar-refractivity contribution in [1.29, 1.82) is 0 Å². The van der Waals surface area contributed by atoms with E-state index in [-0.39, 0.29) is 34.2 Å². The molecule has 2 aliphatic rings. The fraction of sp³-hybridized carbons (Fsp3) is 0.362. The molecule has 9 nitrogen and oxygen atoms in total. The number of anilines is 1. The van der Waals surface area contributed by atoms with Crippen LogP contribution in [0.3, 0.4) is 0 Å². The van der Waals surface area contributed by atoms with E-state index in [9.17, 15) is 27.0 Å². The molecular formula is C58H68FN4O5S+. The van der Waals surface area contributed by atoms with Crippen molar-refractivity contribution in [3.63, 3.8) is 0 Å². The van der Waals surface area contributed by atoms with Gasteiger partial charge in [-0.15, -0.1) is 0 Å². The van der Waals surface area contributed by atoms with Crippen molar-refractivity contribution in [2.24, 2.45) is 0 Å². The molecule has 5 aromatic carbocycles. The van der Waals surface area contributed by atoms with Crippen LogP contribution in [-0.4, -0.2) is 67.0 Å². The van der Waals surface area contributed by atoms with Crippen LogP contribution in [0.1, 0.15) is 108 Å². The van der Waals surface area contributed by atoms with E-state index in [2.05, 4.69) is 140 Å². The zero-order chi connectivity index (χ0) is 49.3. The first kappa shape index (κ1) is 50.7.